The molecule has 6 heteroatoms. The van der Waals surface area contributed by atoms with Crippen LogP contribution >= 0.6 is 11.3 Å². The average molecular weight is 307 g/mol. The van der Waals surface area contributed by atoms with E-state index in [1.807, 2.05) is 0 Å². The molecule has 5 nitrogen and oxygen atoms in total. The van der Waals surface area contributed by atoms with Gasteiger partial charge in [-0.1, -0.05) is 19.0 Å². The van der Waals surface area contributed by atoms with E-state index in [1.165, 1.54) is 11.8 Å². The third-order valence-corrected chi connectivity index (χ3v) is 4.33. The molecule has 1 atom stereocenters. The topological polar surface area (TPSA) is 58.4 Å². The fraction of sp³-hybridized carbons (Fsp3) is 0.467. The molecule has 1 amide bonds. The van der Waals surface area contributed by atoms with Crippen LogP contribution in [0.3, 0.4) is 0 Å². The van der Waals surface area contributed by atoms with Gasteiger partial charge in [0.25, 0.3) is 5.91 Å². The monoisotopic (exact) mass is 307 g/mol. The number of hydrogen-bond donors (Lipinski definition) is 1. The molecular weight excluding hydrogens is 286 g/mol. The van der Waals surface area contributed by atoms with E-state index in [4.69, 9.17) is 4.52 Å². The number of carbonyl (C=O) groups excluding carboxylic acids is 1. The summed E-state index contributed by atoms with van der Waals surface area (Å²) in [6.07, 6.45) is 1.46. The summed E-state index contributed by atoms with van der Waals surface area (Å²) < 4.78 is 4.93. The molecule has 0 aromatic carbocycles. The van der Waals surface area contributed by atoms with Crippen molar-refractivity contribution in [3.8, 4) is 0 Å². The Morgan fingerprint density at radius 2 is 2.24 bits per heavy atom. The third-order valence-electron chi connectivity index (χ3n) is 3.63. The van der Waals surface area contributed by atoms with E-state index in [-0.39, 0.29) is 11.9 Å². The molecule has 2 heterocycles. The molecule has 0 aliphatic heterocycles. The SMILES string of the molecule is CCN(CC)[C@H](CNC(=O)c1cnoc1C)c1ccsc1. The van der Waals surface area contributed by atoms with Crippen LogP contribution in [0.25, 0.3) is 0 Å². The second-order valence-corrected chi connectivity index (χ2v) is 5.58. The number of hydrogen-bond acceptors (Lipinski definition) is 5. The Kier molecular flexibility index (Phi) is 5.52. The van der Waals surface area contributed by atoms with Crippen molar-refractivity contribution in [2.24, 2.45) is 0 Å². The van der Waals surface area contributed by atoms with E-state index in [0.717, 1.165) is 13.1 Å². The first-order chi connectivity index (χ1) is 10.2. The van der Waals surface area contributed by atoms with Crippen molar-refractivity contribution < 1.29 is 9.32 Å². The summed E-state index contributed by atoms with van der Waals surface area (Å²) in [5.41, 5.74) is 1.74. The predicted molar refractivity (Wildman–Crippen MR) is 83.6 cm³/mol. The van der Waals surface area contributed by atoms with Gasteiger partial charge in [-0.3, -0.25) is 9.69 Å². The van der Waals surface area contributed by atoms with Crippen molar-refractivity contribution in [3.05, 3.63) is 39.9 Å². The molecule has 0 aliphatic carbocycles. The lowest BCUT2D eigenvalue weighted by atomic mass is 10.1. The van der Waals surface area contributed by atoms with Gasteiger partial charge in [-0.15, -0.1) is 0 Å². The van der Waals surface area contributed by atoms with Crippen molar-refractivity contribution in [1.29, 1.82) is 0 Å². The summed E-state index contributed by atoms with van der Waals surface area (Å²) in [6.45, 7) is 8.46. The smallest absolute Gasteiger partial charge is 0.256 e. The van der Waals surface area contributed by atoms with Crippen LogP contribution in [-0.2, 0) is 0 Å². The zero-order chi connectivity index (χ0) is 15.2. The zero-order valence-corrected chi connectivity index (χ0v) is 13.4. The molecule has 2 rings (SSSR count). The summed E-state index contributed by atoms with van der Waals surface area (Å²) in [5, 5.41) is 10.8. The summed E-state index contributed by atoms with van der Waals surface area (Å²) in [6, 6.07) is 2.31. The van der Waals surface area contributed by atoms with Gasteiger partial charge in [-0.25, -0.2) is 0 Å². The molecule has 2 aromatic heterocycles. The van der Waals surface area contributed by atoms with Gasteiger partial charge >= 0.3 is 0 Å². The first-order valence-electron chi connectivity index (χ1n) is 7.13. The van der Waals surface area contributed by atoms with Gasteiger partial charge in [0.15, 0.2) is 0 Å². The fourth-order valence-corrected chi connectivity index (χ4v) is 3.10. The first kappa shape index (κ1) is 15.7. The summed E-state index contributed by atoms with van der Waals surface area (Å²) in [7, 11) is 0. The van der Waals surface area contributed by atoms with Gasteiger partial charge in [0, 0.05) is 6.54 Å². The fourth-order valence-electron chi connectivity index (χ4n) is 2.39. The van der Waals surface area contributed by atoms with Crippen LogP contribution < -0.4 is 5.32 Å². The molecule has 0 saturated heterocycles. The molecule has 114 valence electrons. The van der Waals surface area contributed by atoms with Crippen LogP contribution in [0.4, 0.5) is 0 Å². The van der Waals surface area contributed by atoms with E-state index < -0.39 is 0 Å². The molecule has 2 aromatic rings. The van der Waals surface area contributed by atoms with Gasteiger partial charge < -0.3 is 9.84 Å². The van der Waals surface area contributed by atoms with Gasteiger partial charge in [0.05, 0.1) is 12.2 Å². The molecule has 0 saturated carbocycles. The Bertz CT molecular complexity index is 561. The minimum Gasteiger partial charge on any atom is -0.361 e. The van der Waals surface area contributed by atoms with Gasteiger partial charge in [0.1, 0.15) is 11.3 Å². The molecule has 0 fully saturated rings. The van der Waals surface area contributed by atoms with E-state index in [0.29, 0.717) is 17.9 Å². The van der Waals surface area contributed by atoms with Crippen LogP contribution in [0.2, 0.25) is 0 Å². The lowest BCUT2D eigenvalue weighted by molar-refractivity contribution is 0.0933. The highest BCUT2D eigenvalue weighted by Gasteiger charge is 2.20. The maximum absolute atomic E-state index is 12.2. The highest BCUT2D eigenvalue weighted by molar-refractivity contribution is 7.07. The van der Waals surface area contributed by atoms with Gasteiger partial charge in [-0.2, -0.15) is 11.3 Å². The summed E-state index contributed by atoms with van der Waals surface area (Å²) >= 11 is 1.68. The quantitative estimate of drug-likeness (QED) is 0.854. The Morgan fingerprint density at radius 1 is 1.48 bits per heavy atom. The maximum Gasteiger partial charge on any atom is 0.256 e. The van der Waals surface area contributed by atoms with Crippen molar-refractivity contribution in [2.45, 2.75) is 26.8 Å². The Labute approximate surface area is 128 Å². The van der Waals surface area contributed by atoms with Gasteiger partial charge in [0.2, 0.25) is 0 Å². The molecule has 0 bridgehead atoms. The predicted octanol–water partition coefficient (Wildman–Crippen LogP) is 2.86. The third kappa shape index (κ3) is 3.71. The number of nitrogens with zero attached hydrogens (tertiary/aromatic N) is 2. The molecule has 0 spiro atoms. The molecule has 0 radical (unpaired) electrons. The molecule has 0 aliphatic rings. The highest BCUT2D eigenvalue weighted by atomic mass is 32.1. The largest absolute Gasteiger partial charge is 0.361 e. The highest BCUT2D eigenvalue weighted by Crippen LogP contribution is 2.22. The standard InChI is InChI=1S/C15H21N3O2S/c1-4-18(5-2)14(12-6-7-21-10-12)9-16-15(19)13-8-17-20-11(13)3/h6-8,10,14H,4-5,9H2,1-3H3,(H,16,19)/t14-/m1/s1. The van der Waals surface area contributed by atoms with Crippen LogP contribution in [0.5, 0.6) is 0 Å². The molecule has 21 heavy (non-hydrogen) atoms. The molecule has 0 unspecified atom stereocenters. The van der Waals surface area contributed by atoms with E-state index in [1.54, 1.807) is 18.3 Å². The number of likely N-dealkylation sites (N-methyl/N-ethyl adjacent to an activating group) is 1. The van der Waals surface area contributed by atoms with Gasteiger partial charge in [-0.05, 0) is 42.4 Å². The van der Waals surface area contributed by atoms with Crippen molar-refractivity contribution in [2.75, 3.05) is 19.6 Å². The maximum atomic E-state index is 12.2. The van der Waals surface area contributed by atoms with Crippen LogP contribution in [0.1, 0.15) is 41.6 Å². The Hall–Kier alpha value is -1.66. The van der Waals surface area contributed by atoms with Crippen LogP contribution in [0, 0.1) is 6.92 Å². The van der Waals surface area contributed by atoms with Crippen LogP contribution in [-0.4, -0.2) is 35.6 Å². The number of aryl methyl sites for hydroxylation is 1. The second-order valence-electron chi connectivity index (χ2n) is 4.80. The van der Waals surface area contributed by atoms with E-state index in [9.17, 15) is 4.79 Å². The Morgan fingerprint density at radius 3 is 2.76 bits per heavy atom. The number of rotatable bonds is 7. The Balaban J connectivity index is 2.06. The average Bonchev–Trinajstić information content (AvgIpc) is 3.14. The number of carbonyl (C=O) groups is 1. The lowest BCUT2D eigenvalue weighted by Gasteiger charge is -2.29. The van der Waals surface area contributed by atoms with Crippen LogP contribution in [0.15, 0.2) is 27.5 Å². The normalized spacial score (nSPS) is 12.6. The van der Waals surface area contributed by atoms with Crippen molar-refractivity contribution in [1.82, 2.24) is 15.4 Å². The number of nitrogens with one attached hydrogen (secondary N) is 1. The number of thiophene rings is 1. The zero-order valence-electron chi connectivity index (χ0n) is 12.6. The number of aromatic nitrogens is 1. The first-order valence-corrected chi connectivity index (χ1v) is 8.07. The van der Waals surface area contributed by atoms with E-state index in [2.05, 4.69) is 46.0 Å². The van der Waals surface area contributed by atoms with Crippen molar-refractivity contribution >= 4 is 17.2 Å². The minimum absolute atomic E-state index is 0.138. The second kappa shape index (κ2) is 7.38. The summed E-state index contributed by atoms with van der Waals surface area (Å²) in [5.74, 6) is 0.406. The van der Waals surface area contributed by atoms with E-state index >= 15 is 0 Å². The molecular formula is C15H21N3O2S. The lowest BCUT2D eigenvalue weighted by Crippen LogP contribution is -2.38. The summed E-state index contributed by atoms with van der Waals surface area (Å²) in [4.78, 5) is 14.5. The minimum atomic E-state index is -0.138. The van der Waals surface area contributed by atoms with Crippen molar-refractivity contribution in [3.63, 3.8) is 0 Å². The molecule has 1 N–H and O–H groups in total. The number of amides is 1.